The number of hydrogen-bond donors (Lipinski definition) is 2. The molecule has 1 aliphatic rings. The molecule has 0 aromatic heterocycles. The summed E-state index contributed by atoms with van der Waals surface area (Å²) >= 11 is 1.51. The van der Waals surface area contributed by atoms with E-state index in [1.54, 1.807) is 0 Å². The van der Waals surface area contributed by atoms with Gasteiger partial charge in [0, 0.05) is 22.2 Å². The summed E-state index contributed by atoms with van der Waals surface area (Å²) in [5.41, 5.74) is 1.62. The van der Waals surface area contributed by atoms with Crippen LogP contribution in [0.2, 0.25) is 0 Å². The number of nitrogens with one attached hydrogen (secondary N) is 2. The van der Waals surface area contributed by atoms with Crippen LogP contribution in [0.5, 0.6) is 0 Å². The maximum Gasteiger partial charge on any atom is 0.237 e. The van der Waals surface area contributed by atoms with Gasteiger partial charge in [0.2, 0.25) is 11.8 Å². The summed E-state index contributed by atoms with van der Waals surface area (Å²) in [6, 6.07) is 21.8. The van der Waals surface area contributed by atoms with Crippen LogP contribution in [-0.4, -0.2) is 17.1 Å². The van der Waals surface area contributed by atoms with Gasteiger partial charge in [0.25, 0.3) is 0 Å². The first-order valence-electron chi connectivity index (χ1n) is 11.0. The summed E-state index contributed by atoms with van der Waals surface area (Å²) in [6.07, 6.45) is 5.51. The molecule has 0 bridgehead atoms. The van der Waals surface area contributed by atoms with E-state index in [4.69, 9.17) is 0 Å². The van der Waals surface area contributed by atoms with Gasteiger partial charge in [-0.3, -0.25) is 9.59 Å². The minimum atomic E-state index is -0.242. The average molecular weight is 433 g/mol. The molecule has 2 N–H and O–H groups in total. The van der Waals surface area contributed by atoms with Crippen molar-refractivity contribution in [2.75, 3.05) is 10.6 Å². The highest BCUT2D eigenvalue weighted by atomic mass is 32.2. The Bertz CT molecular complexity index is 1060. The molecule has 0 radical (unpaired) electrons. The van der Waals surface area contributed by atoms with Crippen molar-refractivity contribution in [3.05, 3.63) is 66.7 Å². The number of rotatable bonds is 6. The van der Waals surface area contributed by atoms with E-state index in [0.29, 0.717) is 0 Å². The second-order valence-electron chi connectivity index (χ2n) is 8.16. The molecule has 0 spiro atoms. The van der Waals surface area contributed by atoms with E-state index in [-0.39, 0.29) is 23.0 Å². The van der Waals surface area contributed by atoms with Crippen LogP contribution in [0.3, 0.4) is 0 Å². The normalized spacial score (nSPS) is 15.4. The van der Waals surface area contributed by atoms with Crippen molar-refractivity contribution in [1.82, 2.24) is 0 Å². The van der Waals surface area contributed by atoms with Crippen LogP contribution in [0.4, 0.5) is 11.4 Å². The topological polar surface area (TPSA) is 58.2 Å². The van der Waals surface area contributed by atoms with Gasteiger partial charge in [-0.1, -0.05) is 49.6 Å². The molecule has 1 saturated carbocycles. The monoisotopic (exact) mass is 432 g/mol. The third-order valence-corrected chi connectivity index (χ3v) is 6.91. The van der Waals surface area contributed by atoms with E-state index >= 15 is 0 Å². The number of fused-ring (bicyclic) bond motifs is 1. The first-order valence-corrected chi connectivity index (χ1v) is 11.8. The van der Waals surface area contributed by atoms with E-state index in [1.165, 1.54) is 18.2 Å². The maximum absolute atomic E-state index is 12.7. The van der Waals surface area contributed by atoms with E-state index in [9.17, 15) is 9.59 Å². The van der Waals surface area contributed by atoms with Crippen molar-refractivity contribution in [3.8, 4) is 0 Å². The average Bonchev–Trinajstić information content (AvgIpc) is 2.80. The summed E-state index contributed by atoms with van der Waals surface area (Å²) in [4.78, 5) is 26.1. The fourth-order valence-electron chi connectivity index (χ4n) is 3.99. The number of anilines is 2. The molecule has 0 saturated heterocycles. The van der Waals surface area contributed by atoms with Crippen LogP contribution in [0, 0.1) is 5.92 Å². The van der Waals surface area contributed by atoms with Crippen LogP contribution < -0.4 is 10.6 Å². The predicted octanol–water partition coefficient (Wildman–Crippen LogP) is 6.48. The quantitative estimate of drug-likeness (QED) is 0.438. The summed E-state index contributed by atoms with van der Waals surface area (Å²) in [5, 5.41) is 8.06. The number of hydrogen-bond acceptors (Lipinski definition) is 3. The molecule has 31 heavy (non-hydrogen) atoms. The smallest absolute Gasteiger partial charge is 0.237 e. The fourth-order valence-corrected chi connectivity index (χ4v) is 4.86. The Labute approximate surface area is 187 Å². The van der Waals surface area contributed by atoms with Crippen LogP contribution >= 0.6 is 11.8 Å². The molecular weight excluding hydrogens is 404 g/mol. The molecule has 3 aromatic rings. The zero-order chi connectivity index (χ0) is 21.6. The minimum absolute atomic E-state index is 0.0324. The minimum Gasteiger partial charge on any atom is -0.326 e. The molecule has 1 fully saturated rings. The van der Waals surface area contributed by atoms with Crippen molar-refractivity contribution < 1.29 is 9.59 Å². The molecule has 2 amide bonds. The fraction of sp³-hybridized carbons (Fsp3) is 0.308. The molecular formula is C26H28N2O2S. The van der Waals surface area contributed by atoms with Gasteiger partial charge in [0.05, 0.1) is 5.25 Å². The number of amides is 2. The van der Waals surface area contributed by atoms with Crippen LogP contribution in [0.25, 0.3) is 10.8 Å². The summed E-state index contributed by atoms with van der Waals surface area (Å²) in [7, 11) is 0. The van der Waals surface area contributed by atoms with Crippen molar-refractivity contribution in [1.29, 1.82) is 0 Å². The molecule has 4 rings (SSSR count). The van der Waals surface area contributed by atoms with Gasteiger partial charge in [-0.2, -0.15) is 0 Å². The molecule has 4 nitrogen and oxygen atoms in total. The molecule has 0 aliphatic heterocycles. The van der Waals surface area contributed by atoms with Gasteiger partial charge in [-0.25, -0.2) is 0 Å². The van der Waals surface area contributed by atoms with Gasteiger partial charge in [0.1, 0.15) is 0 Å². The molecule has 3 aromatic carbocycles. The van der Waals surface area contributed by atoms with Gasteiger partial charge >= 0.3 is 0 Å². The van der Waals surface area contributed by atoms with Crippen molar-refractivity contribution in [2.24, 2.45) is 5.92 Å². The lowest BCUT2D eigenvalue weighted by Crippen LogP contribution is -2.24. The van der Waals surface area contributed by atoms with Crippen molar-refractivity contribution in [3.63, 3.8) is 0 Å². The lowest BCUT2D eigenvalue weighted by molar-refractivity contribution is -0.120. The Morgan fingerprint density at radius 2 is 1.52 bits per heavy atom. The Kier molecular flexibility index (Phi) is 6.92. The third-order valence-electron chi connectivity index (χ3n) is 5.80. The molecule has 1 unspecified atom stereocenters. The standard InChI is InChI=1S/C26H28N2O2S/c1-18(25(29)28-23-12-11-19-7-5-6-10-21(19)17-23)31-24-15-13-22(14-16-24)27-26(30)20-8-3-2-4-9-20/h5-7,10-18,20H,2-4,8-9H2,1H3,(H,27,30)(H,28,29). The van der Waals surface area contributed by atoms with Crippen LogP contribution in [-0.2, 0) is 9.59 Å². The van der Waals surface area contributed by atoms with E-state index in [1.807, 2.05) is 67.6 Å². The highest BCUT2D eigenvalue weighted by Crippen LogP contribution is 2.28. The van der Waals surface area contributed by atoms with Gasteiger partial charge in [0.15, 0.2) is 0 Å². The van der Waals surface area contributed by atoms with Gasteiger partial charge in [-0.05, 0) is 66.9 Å². The number of thioether (sulfide) groups is 1. The summed E-state index contributed by atoms with van der Waals surface area (Å²) < 4.78 is 0. The van der Waals surface area contributed by atoms with Crippen LogP contribution in [0.15, 0.2) is 71.6 Å². The molecule has 5 heteroatoms. The summed E-state index contributed by atoms with van der Waals surface area (Å²) in [5.74, 6) is 0.236. The Hall–Kier alpha value is -2.79. The zero-order valence-corrected chi connectivity index (χ0v) is 18.6. The lowest BCUT2D eigenvalue weighted by atomic mass is 9.88. The Balaban J connectivity index is 1.31. The first-order chi connectivity index (χ1) is 15.1. The lowest BCUT2D eigenvalue weighted by Gasteiger charge is -2.20. The first kappa shape index (κ1) is 21.4. The Morgan fingerprint density at radius 1 is 0.839 bits per heavy atom. The molecule has 1 aliphatic carbocycles. The number of benzene rings is 3. The SMILES string of the molecule is CC(Sc1ccc(NC(=O)C2CCCCC2)cc1)C(=O)Nc1ccc2ccccc2c1. The molecule has 160 valence electrons. The highest BCUT2D eigenvalue weighted by molar-refractivity contribution is 8.00. The summed E-state index contributed by atoms with van der Waals surface area (Å²) in [6.45, 7) is 1.90. The van der Waals surface area contributed by atoms with E-state index < -0.39 is 0 Å². The largest absolute Gasteiger partial charge is 0.326 e. The molecule has 0 heterocycles. The third kappa shape index (κ3) is 5.67. The second kappa shape index (κ2) is 10.0. The van der Waals surface area contributed by atoms with Gasteiger partial charge in [-0.15, -0.1) is 11.8 Å². The highest BCUT2D eigenvalue weighted by Gasteiger charge is 2.21. The number of carbonyl (C=O) groups is 2. The van der Waals surface area contributed by atoms with Crippen molar-refractivity contribution in [2.45, 2.75) is 49.2 Å². The second-order valence-corrected chi connectivity index (χ2v) is 9.57. The zero-order valence-electron chi connectivity index (χ0n) is 17.8. The number of carbonyl (C=O) groups excluding carboxylic acids is 2. The maximum atomic E-state index is 12.7. The van der Waals surface area contributed by atoms with E-state index in [0.717, 1.165) is 52.7 Å². The van der Waals surface area contributed by atoms with Gasteiger partial charge < -0.3 is 10.6 Å². The Morgan fingerprint density at radius 3 is 2.26 bits per heavy atom. The van der Waals surface area contributed by atoms with Crippen molar-refractivity contribution >= 4 is 45.7 Å². The molecule has 1 atom stereocenters. The predicted molar refractivity (Wildman–Crippen MR) is 130 cm³/mol. The van der Waals surface area contributed by atoms with E-state index in [2.05, 4.69) is 16.7 Å². The van der Waals surface area contributed by atoms with Crippen LogP contribution in [0.1, 0.15) is 39.0 Å².